The summed E-state index contributed by atoms with van der Waals surface area (Å²) >= 11 is 0. The normalized spacial score (nSPS) is 14.6. The molecular formula is C29H31FN2O5. The summed E-state index contributed by atoms with van der Waals surface area (Å²) in [6.07, 6.45) is 0.133. The van der Waals surface area contributed by atoms with Crippen LogP contribution in [0, 0.1) is 5.82 Å². The molecule has 1 heterocycles. The van der Waals surface area contributed by atoms with E-state index in [1.807, 2.05) is 35.2 Å². The quantitative estimate of drug-likeness (QED) is 0.403. The zero-order valence-electron chi connectivity index (χ0n) is 20.6. The average Bonchev–Trinajstić information content (AvgIpc) is 2.91. The molecule has 0 unspecified atom stereocenters. The predicted molar refractivity (Wildman–Crippen MR) is 137 cm³/mol. The van der Waals surface area contributed by atoms with Gasteiger partial charge < -0.3 is 19.5 Å². The van der Waals surface area contributed by atoms with Crippen molar-refractivity contribution in [3.8, 4) is 11.5 Å². The third-order valence-corrected chi connectivity index (χ3v) is 5.94. The molecule has 3 aromatic rings. The molecule has 1 aliphatic rings. The van der Waals surface area contributed by atoms with Gasteiger partial charge in [-0.05, 0) is 47.5 Å². The van der Waals surface area contributed by atoms with Crippen molar-refractivity contribution in [2.24, 2.45) is 0 Å². The first kappa shape index (κ1) is 26.5. The third-order valence-electron chi connectivity index (χ3n) is 5.94. The van der Waals surface area contributed by atoms with E-state index >= 15 is 0 Å². The fraction of sp³-hybridized carbons (Fsp3) is 0.310. The highest BCUT2D eigenvalue weighted by atomic mass is 19.1. The summed E-state index contributed by atoms with van der Waals surface area (Å²) in [5.41, 5.74) is 1.78. The van der Waals surface area contributed by atoms with Gasteiger partial charge in [-0.3, -0.25) is 14.5 Å². The molecule has 194 valence electrons. The second-order valence-corrected chi connectivity index (χ2v) is 8.85. The summed E-state index contributed by atoms with van der Waals surface area (Å²) in [6, 6.07) is 21.8. The van der Waals surface area contributed by atoms with Crippen molar-refractivity contribution < 1.29 is 28.2 Å². The van der Waals surface area contributed by atoms with E-state index in [9.17, 15) is 14.0 Å². The van der Waals surface area contributed by atoms with Gasteiger partial charge >= 0.3 is 0 Å². The standard InChI is InChI=1S/C29H31FN2O5/c30-24-8-12-26(13-9-24)37-25-10-6-22(7-11-25)18-28(33)27(21-36-20-23-4-2-1-3-5-23)31-29(34)19-32-14-16-35-17-15-32/h1-13,27H,14-21H2,(H,31,34)/t27-/m0/s1. The molecular weight excluding hydrogens is 475 g/mol. The maximum absolute atomic E-state index is 13.2. The largest absolute Gasteiger partial charge is 0.457 e. The number of nitrogens with one attached hydrogen (secondary N) is 1. The summed E-state index contributed by atoms with van der Waals surface area (Å²) in [5, 5.41) is 2.87. The Labute approximate surface area is 216 Å². The fourth-order valence-electron chi connectivity index (χ4n) is 3.92. The molecule has 0 aliphatic carbocycles. The second kappa shape index (κ2) is 13.6. The van der Waals surface area contributed by atoms with Gasteiger partial charge in [0.2, 0.25) is 5.91 Å². The van der Waals surface area contributed by atoms with Crippen LogP contribution in [-0.2, 0) is 32.1 Å². The number of hydrogen-bond donors (Lipinski definition) is 1. The van der Waals surface area contributed by atoms with Gasteiger partial charge in [-0.15, -0.1) is 0 Å². The number of rotatable bonds is 12. The molecule has 7 nitrogen and oxygen atoms in total. The maximum Gasteiger partial charge on any atom is 0.234 e. The van der Waals surface area contributed by atoms with Crippen LogP contribution >= 0.6 is 0 Å². The van der Waals surface area contributed by atoms with Gasteiger partial charge in [0.15, 0.2) is 5.78 Å². The Morgan fingerprint density at radius 2 is 1.54 bits per heavy atom. The van der Waals surface area contributed by atoms with E-state index in [0.29, 0.717) is 44.4 Å². The van der Waals surface area contributed by atoms with Crippen molar-refractivity contribution in [2.75, 3.05) is 39.5 Å². The van der Waals surface area contributed by atoms with Gasteiger partial charge in [0.1, 0.15) is 23.4 Å². The highest BCUT2D eigenvalue weighted by Crippen LogP contribution is 2.22. The molecule has 8 heteroatoms. The first-order valence-electron chi connectivity index (χ1n) is 12.3. The monoisotopic (exact) mass is 506 g/mol. The number of amides is 1. The molecule has 1 fully saturated rings. The van der Waals surface area contributed by atoms with Crippen LogP contribution in [0.15, 0.2) is 78.9 Å². The zero-order valence-corrected chi connectivity index (χ0v) is 20.6. The van der Waals surface area contributed by atoms with Crippen molar-refractivity contribution in [2.45, 2.75) is 19.1 Å². The molecule has 37 heavy (non-hydrogen) atoms. The molecule has 1 amide bonds. The van der Waals surface area contributed by atoms with Crippen LogP contribution in [0.5, 0.6) is 11.5 Å². The highest BCUT2D eigenvalue weighted by Gasteiger charge is 2.23. The van der Waals surface area contributed by atoms with Gasteiger partial charge in [-0.2, -0.15) is 0 Å². The van der Waals surface area contributed by atoms with Gasteiger partial charge in [-0.1, -0.05) is 42.5 Å². The average molecular weight is 507 g/mol. The minimum Gasteiger partial charge on any atom is -0.457 e. The van der Waals surface area contributed by atoms with Crippen molar-refractivity contribution in [1.82, 2.24) is 10.2 Å². The molecule has 3 aromatic carbocycles. The Hall–Kier alpha value is -3.59. The summed E-state index contributed by atoms with van der Waals surface area (Å²) in [5.74, 6) is 0.399. The summed E-state index contributed by atoms with van der Waals surface area (Å²) in [6.45, 7) is 3.19. The van der Waals surface area contributed by atoms with Crippen molar-refractivity contribution in [1.29, 1.82) is 0 Å². The first-order valence-corrected chi connectivity index (χ1v) is 12.3. The van der Waals surface area contributed by atoms with Crippen molar-refractivity contribution in [3.63, 3.8) is 0 Å². The number of carbonyl (C=O) groups is 2. The maximum atomic E-state index is 13.2. The Balaban J connectivity index is 1.34. The van der Waals surface area contributed by atoms with E-state index in [1.165, 1.54) is 12.1 Å². The molecule has 0 saturated carbocycles. The minimum absolute atomic E-state index is 0.0777. The number of carbonyl (C=O) groups excluding carboxylic acids is 2. The van der Waals surface area contributed by atoms with Gasteiger partial charge in [0, 0.05) is 19.5 Å². The van der Waals surface area contributed by atoms with Crippen LogP contribution < -0.4 is 10.1 Å². The smallest absolute Gasteiger partial charge is 0.234 e. The number of Topliss-reactive ketones (excluding diaryl/α,β-unsaturated/α-hetero) is 1. The van der Waals surface area contributed by atoms with Crippen LogP contribution in [-0.4, -0.2) is 62.1 Å². The highest BCUT2D eigenvalue weighted by molar-refractivity contribution is 5.91. The number of hydrogen-bond acceptors (Lipinski definition) is 6. The number of ketones is 1. The van der Waals surface area contributed by atoms with Crippen LogP contribution in [0.1, 0.15) is 11.1 Å². The lowest BCUT2D eigenvalue weighted by molar-refractivity contribution is -0.130. The van der Waals surface area contributed by atoms with E-state index in [0.717, 1.165) is 11.1 Å². The number of benzene rings is 3. The molecule has 0 spiro atoms. The first-order chi connectivity index (χ1) is 18.0. The number of morpholine rings is 1. The van der Waals surface area contributed by atoms with Gasteiger partial charge in [0.25, 0.3) is 0 Å². The lowest BCUT2D eigenvalue weighted by Gasteiger charge is -2.27. The predicted octanol–water partition coefficient (Wildman–Crippen LogP) is 3.76. The van der Waals surface area contributed by atoms with E-state index in [-0.39, 0.29) is 37.1 Å². The summed E-state index contributed by atoms with van der Waals surface area (Å²) in [7, 11) is 0. The topological polar surface area (TPSA) is 77.1 Å². The molecule has 1 atom stereocenters. The summed E-state index contributed by atoms with van der Waals surface area (Å²) < 4.78 is 30.0. The molecule has 0 bridgehead atoms. The van der Waals surface area contributed by atoms with Crippen LogP contribution in [0.25, 0.3) is 0 Å². The number of nitrogens with zero attached hydrogens (tertiary/aromatic N) is 1. The molecule has 0 radical (unpaired) electrons. The fourth-order valence-corrected chi connectivity index (χ4v) is 3.92. The zero-order chi connectivity index (χ0) is 25.9. The van der Waals surface area contributed by atoms with Crippen molar-refractivity contribution >= 4 is 11.7 Å². The Morgan fingerprint density at radius 1 is 0.892 bits per heavy atom. The molecule has 1 aliphatic heterocycles. The number of halogens is 1. The Morgan fingerprint density at radius 3 is 2.22 bits per heavy atom. The summed E-state index contributed by atoms with van der Waals surface area (Å²) in [4.78, 5) is 27.9. The molecule has 1 saturated heterocycles. The third kappa shape index (κ3) is 8.78. The van der Waals surface area contributed by atoms with Crippen LogP contribution in [0.3, 0.4) is 0 Å². The molecule has 4 rings (SSSR count). The SMILES string of the molecule is O=C(CN1CCOCC1)N[C@@H](COCc1ccccc1)C(=O)Cc1ccc(Oc2ccc(F)cc2)cc1. The lowest BCUT2D eigenvalue weighted by atomic mass is 10.0. The molecule has 1 N–H and O–H groups in total. The Kier molecular flexibility index (Phi) is 9.76. The van der Waals surface area contributed by atoms with Crippen LogP contribution in [0.4, 0.5) is 4.39 Å². The minimum atomic E-state index is -0.771. The lowest BCUT2D eigenvalue weighted by Crippen LogP contribution is -2.50. The van der Waals surface area contributed by atoms with E-state index in [4.69, 9.17) is 14.2 Å². The van der Waals surface area contributed by atoms with Crippen LogP contribution in [0.2, 0.25) is 0 Å². The van der Waals surface area contributed by atoms with Gasteiger partial charge in [0.05, 0.1) is 33.0 Å². The second-order valence-electron chi connectivity index (χ2n) is 8.85. The van der Waals surface area contributed by atoms with E-state index in [1.54, 1.807) is 36.4 Å². The molecule has 0 aromatic heterocycles. The Bertz CT molecular complexity index is 1130. The van der Waals surface area contributed by atoms with E-state index in [2.05, 4.69) is 5.32 Å². The van der Waals surface area contributed by atoms with Crippen molar-refractivity contribution in [3.05, 3.63) is 95.8 Å². The van der Waals surface area contributed by atoms with Gasteiger partial charge in [-0.25, -0.2) is 4.39 Å². The number of ether oxygens (including phenoxy) is 3. The van der Waals surface area contributed by atoms with E-state index < -0.39 is 6.04 Å².